The van der Waals surface area contributed by atoms with Crippen LogP contribution >= 0.6 is 11.6 Å². The largest absolute Gasteiger partial charge is 0.453 e. The summed E-state index contributed by atoms with van der Waals surface area (Å²) in [5.74, 6) is -3.62. The zero-order chi connectivity index (χ0) is 24.0. The minimum atomic E-state index is -2.91. The third kappa shape index (κ3) is 4.12. The van der Waals surface area contributed by atoms with Gasteiger partial charge >= 0.3 is 6.03 Å². The van der Waals surface area contributed by atoms with E-state index in [0.717, 1.165) is 16.2 Å². The smallest absolute Gasteiger partial charge is 0.322 e. The molecule has 0 saturated carbocycles. The van der Waals surface area contributed by atoms with Crippen molar-refractivity contribution in [1.29, 1.82) is 0 Å². The van der Waals surface area contributed by atoms with Gasteiger partial charge in [-0.05, 0) is 30.3 Å². The van der Waals surface area contributed by atoms with Crippen molar-refractivity contribution in [3.05, 3.63) is 66.0 Å². The first-order chi connectivity index (χ1) is 16.2. The molecule has 3 heterocycles. The molecule has 1 aliphatic heterocycles. The number of fused-ring (bicyclic) bond motifs is 1. The fraction of sp³-hybridized carbons (Fsp3) is 0.174. The van der Waals surface area contributed by atoms with Gasteiger partial charge in [-0.2, -0.15) is 0 Å². The molecule has 1 fully saturated rings. The second-order valence-corrected chi connectivity index (χ2v) is 8.33. The normalized spacial score (nSPS) is 14.7. The zero-order valence-corrected chi connectivity index (χ0v) is 18.5. The monoisotopic (exact) mass is 487 g/mol. The first-order valence-electron chi connectivity index (χ1n) is 10.2. The number of urea groups is 1. The number of rotatable bonds is 4. The van der Waals surface area contributed by atoms with E-state index in [9.17, 15) is 18.0 Å². The van der Waals surface area contributed by atoms with Gasteiger partial charge in [0.05, 0.1) is 36.3 Å². The topological polar surface area (TPSA) is 72.3 Å². The fourth-order valence-electron chi connectivity index (χ4n) is 3.61. The highest BCUT2D eigenvalue weighted by Crippen LogP contribution is 2.37. The molecule has 4 aromatic rings. The SMILES string of the molecule is Cn1cnc(-c2ccc3c(Oc4ccc(NC(=O)N5CC(F)(F)C5)c(Cl)c4F)ccnc3c2)c1. The van der Waals surface area contributed by atoms with E-state index in [1.807, 2.05) is 29.9 Å². The van der Waals surface area contributed by atoms with Crippen LogP contribution in [-0.2, 0) is 7.05 Å². The molecule has 11 heteroatoms. The fourth-order valence-corrected chi connectivity index (χ4v) is 3.81. The van der Waals surface area contributed by atoms with Gasteiger partial charge in [0.25, 0.3) is 5.92 Å². The number of aromatic nitrogens is 3. The number of anilines is 1. The Morgan fingerprint density at radius 1 is 1.15 bits per heavy atom. The number of aryl methyl sites for hydroxylation is 1. The van der Waals surface area contributed by atoms with E-state index in [-0.39, 0.29) is 11.4 Å². The number of carbonyl (C=O) groups is 1. The number of benzene rings is 2. The van der Waals surface area contributed by atoms with Crippen LogP contribution in [0.25, 0.3) is 22.2 Å². The van der Waals surface area contributed by atoms with Crippen molar-refractivity contribution in [2.24, 2.45) is 7.05 Å². The molecule has 0 unspecified atom stereocenters. The van der Waals surface area contributed by atoms with Gasteiger partial charge in [0, 0.05) is 30.4 Å². The van der Waals surface area contributed by atoms with Crippen molar-refractivity contribution in [3.8, 4) is 22.8 Å². The predicted molar refractivity (Wildman–Crippen MR) is 121 cm³/mol. The van der Waals surface area contributed by atoms with Gasteiger partial charge < -0.3 is 19.5 Å². The van der Waals surface area contributed by atoms with Crippen LogP contribution in [0.5, 0.6) is 11.5 Å². The number of likely N-dealkylation sites (tertiary alicyclic amines) is 1. The number of carbonyl (C=O) groups excluding carboxylic acids is 1. The molecule has 1 N–H and O–H groups in total. The highest BCUT2D eigenvalue weighted by Gasteiger charge is 2.46. The average molecular weight is 488 g/mol. The lowest BCUT2D eigenvalue weighted by Gasteiger charge is -2.38. The number of nitrogens with zero attached hydrogens (tertiary/aromatic N) is 4. The molecule has 0 atom stereocenters. The summed E-state index contributed by atoms with van der Waals surface area (Å²) in [6.45, 7) is -1.39. The maximum Gasteiger partial charge on any atom is 0.322 e. The lowest BCUT2D eigenvalue weighted by molar-refractivity contribution is -0.107. The highest BCUT2D eigenvalue weighted by atomic mass is 35.5. The minimum Gasteiger partial charge on any atom is -0.453 e. The molecule has 5 rings (SSSR count). The number of nitrogens with one attached hydrogen (secondary N) is 1. The van der Waals surface area contributed by atoms with Gasteiger partial charge in [0.15, 0.2) is 11.6 Å². The first-order valence-corrected chi connectivity index (χ1v) is 10.5. The van der Waals surface area contributed by atoms with E-state index in [4.69, 9.17) is 16.3 Å². The Labute approximate surface area is 196 Å². The van der Waals surface area contributed by atoms with Gasteiger partial charge in [-0.25, -0.2) is 22.9 Å². The molecule has 34 heavy (non-hydrogen) atoms. The molecule has 7 nitrogen and oxygen atoms in total. The third-order valence-electron chi connectivity index (χ3n) is 5.34. The van der Waals surface area contributed by atoms with Crippen molar-refractivity contribution >= 4 is 34.2 Å². The molecule has 0 radical (unpaired) electrons. The van der Waals surface area contributed by atoms with Crippen LogP contribution in [0.2, 0.25) is 5.02 Å². The Morgan fingerprint density at radius 2 is 1.94 bits per heavy atom. The summed E-state index contributed by atoms with van der Waals surface area (Å²) in [7, 11) is 1.88. The van der Waals surface area contributed by atoms with E-state index in [1.54, 1.807) is 18.5 Å². The third-order valence-corrected chi connectivity index (χ3v) is 5.71. The number of imidazole rings is 1. The van der Waals surface area contributed by atoms with E-state index in [1.165, 1.54) is 18.3 Å². The van der Waals surface area contributed by atoms with Gasteiger partial charge in [0.2, 0.25) is 0 Å². The predicted octanol–water partition coefficient (Wildman–Crippen LogP) is 5.70. The Balaban J connectivity index is 1.38. The molecule has 1 saturated heterocycles. The molecular formula is C23H17ClF3N5O2. The Bertz CT molecular complexity index is 1420. The van der Waals surface area contributed by atoms with Gasteiger partial charge in [-0.3, -0.25) is 4.98 Å². The van der Waals surface area contributed by atoms with Crippen LogP contribution in [0.3, 0.4) is 0 Å². The number of hydrogen-bond acceptors (Lipinski definition) is 4. The lowest BCUT2D eigenvalue weighted by atomic mass is 10.1. The number of amides is 2. The van der Waals surface area contributed by atoms with Crippen molar-refractivity contribution in [2.75, 3.05) is 18.4 Å². The summed E-state index contributed by atoms with van der Waals surface area (Å²) in [6, 6.07) is 8.97. The summed E-state index contributed by atoms with van der Waals surface area (Å²) in [5, 5.41) is 2.60. The highest BCUT2D eigenvalue weighted by molar-refractivity contribution is 6.34. The molecule has 0 spiro atoms. The van der Waals surface area contributed by atoms with E-state index >= 15 is 0 Å². The number of pyridine rings is 1. The molecular weight excluding hydrogens is 471 g/mol. The first kappa shape index (κ1) is 22.0. The van der Waals surface area contributed by atoms with Crippen LogP contribution in [-0.4, -0.2) is 44.5 Å². The van der Waals surface area contributed by atoms with Crippen LogP contribution in [0.15, 0.2) is 55.1 Å². The number of hydrogen-bond donors (Lipinski definition) is 1. The molecule has 2 amide bonds. The van der Waals surface area contributed by atoms with Crippen molar-refractivity contribution in [1.82, 2.24) is 19.4 Å². The minimum absolute atomic E-state index is 0.0497. The van der Waals surface area contributed by atoms with Crippen molar-refractivity contribution < 1.29 is 22.7 Å². The summed E-state index contributed by atoms with van der Waals surface area (Å²) >= 11 is 6.08. The second-order valence-electron chi connectivity index (χ2n) is 7.95. The second kappa shape index (κ2) is 8.21. The van der Waals surface area contributed by atoms with Crippen molar-refractivity contribution in [3.63, 3.8) is 0 Å². The van der Waals surface area contributed by atoms with Crippen LogP contribution in [0, 0.1) is 5.82 Å². The molecule has 1 aliphatic rings. The maximum atomic E-state index is 14.9. The van der Waals surface area contributed by atoms with E-state index < -0.39 is 35.9 Å². The van der Waals surface area contributed by atoms with Crippen LogP contribution < -0.4 is 10.1 Å². The molecule has 2 aromatic carbocycles. The number of alkyl halides is 2. The average Bonchev–Trinajstić information content (AvgIpc) is 3.23. The molecule has 2 aromatic heterocycles. The quantitative estimate of drug-likeness (QED) is 0.400. The summed E-state index contributed by atoms with van der Waals surface area (Å²) < 4.78 is 48.5. The Kier molecular flexibility index (Phi) is 5.32. The van der Waals surface area contributed by atoms with Crippen molar-refractivity contribution in [2.45, 2.75) is 5.92 Å². The van der Waals surface area contributed by atoms with Crippen LogP contribution in [0.4, 0.5) is 23.7 Å². The Hall–Kier alpha value is -3.79. The Morgan fingerprint density at radius 3 is 2.65 bits per heavy atom. The summed E-state index contributed by atoms with van der Waals surface area (Å²) in [5.41, 5.74) is 2.23. The van der Waals surface area contributed by atoms with Crippen LogP contribution in [0.1, 0.15) is 0 Å². The lowest BCUT2D eigenvalue weighted by Crippen LogP contribution is -2.59. The molecule has 0 bridgehead atoms. The number of halogens is 4. The van der Waals surface area contributed by atoms with Gasteiger partial charge in [-0.1, -0.05) is 17.7 Å². The summed E-state index contributed by atoms with van der Waals surface area (Å²) in [4.78, 5) is 21.7. The van der Waals surface area contributed by atoms with Gasteiger partial charge in [0.1, 0.15) is 10.8 Å². The number of ether oxygens (including phenoxy) is 1. The zero-order valence-electron chi connectivity index (χ0n) is 17.7. The maximum absolute atomic E-state index is 14.9. The van der Waals surface area contributed by atoms with E-state index in [2.05, 4.69) is 15.3 Å². The summed E-state index contributed by atoms with van der Waals surface area (Å²) in [6.07, 6.45) is 5.12. The molecule has 0 aliphatic carbocycles. The molecule has 174 valence electrons. The van der Waals surface area contributed by atoms with E-state index in [0.29, 0.717) is 16.7 Å². The van der Waals surface area contributed by atoms with Gasteiger partial charge in [-0.15, -0.1) is 0 Å². The standard InChI is InChI=1S/C23H17ClF3N5O2/c1-31-9-17(29-12-31)13-2-3-14-16(8-13)28-7-6-18(14)34-19-5-4-15(20(24)21(19)25)30-22(33)32-10-23(26,27)11-32/h2-9,12H,10-11H2,1H3,(H,30,33).